The van der Waals surface area contributed by atoms with Crippen LogP contribution in [-0.4, -0.2) is 34.3 Å². The number of carbonyl (C=O) groups is 2. The van der Waals surface area contributed by atoms with Crippen LogP contribution in [0.2, 0.25) is 0 Å². The van der Waals surface area contributed by atoms with Crippen molar-refractivity contribution in [2.75, 3.05) is 0 Å². The van der Waals surface area contributed by atoms with Gasteiger partial charge in [0.25, 0.3) is 0 Å². The van der Waals surface area contributed by atoms with E-state index in [-0.39, 0.29) is 11.8 Å². The van der Waals surface area contributed by atoms with Crippen LogP contribution in [0.3, 0.4) is 0 Å². The predicted octanol–water partition coefficient (Wildman–Crippen LogP) is 7.68. The van der Waals surface area contributed by atoms with Crippen LogP contribution in [0.25, 0.3) is 0 Å². The number of aromatic nitrogens is 3. The Bertz CT molecular complexity index is 1230. The summed E-state index contributed by atoms with van der Waals surface area (Å²) in [6.07, 6.45) is 35.8. The first-order valence-corrected chi connectivity index (χ1v) is 20.9. The molecule has 2 amide bonds. The van der Waals surface area contributed by atoms with Crippen LogP contribution in [0.4, 0.5) is 0 Å². The molecule has 0 aliphatic heterocycles. The van der Waals surface area contributed by atoms with Crippen LogP contribution >= 0.6 is 0 Å². The third-order valence-electron chi connectivity index (χ3n) is 8.05. The molecule has 3 aromatic rings. The number of pyridine rings is 3. The molecule has 3 aromatic heterocycles. The molecule has 53 heavy (non-hydrogen) atoms. The first-order chi connectivity index (χ1) is 25.7. The minimum atomic E-state index is -5.17. The number of carbonyl (C=O) groups excluding carboxylic acids is 2. The molecule has 3 heterocycles. The quantitative estimate of drug-likeness (QED) is 0.0410. The van der Waals surface area contributed by atoms with Gasteiger partial charge in [-0.05, 0) is 25.0 Å². The molecule has 3 rings (SSSR count). The highest BCUT2D eigenvalue weighted by Gasteiger charge is 2.05. The van der Waals surface area contributed by atoms with E-state index < -0.39 is 10.4 Å². The fourth-order valence-corrected chi connectivity index (χ4v) is 5.12. The van der Waals surface area contributed by atoms with Crippen molar-refractivity contribution in [2.24, 2.45) is 0 Å². The molecule has 0 radical (unpaired) electrons. The highest BCUT2D eigenvalue weighted by molar-refractivity contribution is 7.79. The largest absolute Gasteiger partial charge is 0.759 e. The van der Waals surface area contributed by atoms with E-state index in [0.29, 0.717) is 26.2 Å². The molecule has 0 bridgehead atoms. The molecular formula is C41H67N5O6S. The van der Waals surface area contributed by atoms with E-state index in [4.69, 9.17) is 17.5 Å². The Kier molecular flexibility index (Phi) is 34.0. The molecule has 11 nitrogen and oxygen atoms in total. The molecule has 298 valence electrons. The van der Waals surface area contributed by atoms with Gasteiger partial charge in [-0.2, -0.15) is 9.13 Å². The van der Waals surface area contributed by atoms with E-state index >= 15 is 0 Å². The number of nitrogens with one attached hydrogen (secondary N) is 2. The summed E-state index contributed by atoms with van der Waals surface area (Å²) in [4.78, 5) is 27.2. The lowest BCUT2D eigenvalue weighted by atomic mass is 10.1. The van der Waals surface area contributed by atoms with Crippen molar-refractivity contribution in [1.82, 2.24) is 15.6 Å². The molecule has 0 aromatic carbocycles. The molecule has 0 unspecified atom stereocenters. The van der Waals surface area contributed by atoms with Crippen molar-refractivity contribution in [1.29, 1.82) is 0 Å². The van der Waals surface area contributed by atoms with Crippen LogP contribution in [0.5, 0.6) is 0 Å². The van der Waals surface area contributed by atoms with E-state index in [1.807, 2.05) is 88.5 Å². The molecule has 2 N–H and O–H groups in total. The van der Waals surface area contributed by atoms with E-state index in [0.717, 1.165) is 12.8 Å². The van der Waals surface area contributed by atoms with Crippen molar-refractivity contribution in [2.45, 2.75) is 156 Å². The van der Waals surface area contributed by atoms with Crippen LogP contribution in [0, 0.1) is 0 Å². The first kappa shape index (κ1) is 49.3. The molecular weight excluding hydrogens is 691 g/mol. The summed E-state index contributed by atoms with van der Waals surface area (Å²) < 4.78 is 38.0. The SMILES string of the molecule is CCCCCCCCCCCC(=O)NC[n+]1ccccc1.CCCCCCCCCCCC(=O)NC[n+]1ccccc1.O=S(=O)([O-])[O-].c1ccncc1. The minimum Gasteiger partial charge on any atom is -0.759 e. The Morgan fingerprint density at radius 1 is 0.491 bits per heavy atom. The Balaban J connectivity index is 0.000000792. The molecule has 0 spiro atoms. The van der Waals surface area contributed by atoms with Crippen LogP contribution in [0.1, 0.15) is 142 Å². The van der Waals surface area contributed by atoms with Gasteiger partial charge in [-0.3, -0.25) is 23.0 Å². The Morgan fingerprint density at radius 3 is 1.04 bits per heavy atom. The molecule has 0 aliphatic carbocycles. The molecule has 0 saturated heterocycles. The molecule has 0 saturated carbocycles. The maximum Gasteiger partial charge on any atom is 0.224 e. The predicted molar refractivity (Wildman–Crippen MR) is 208 cm³/mol. The second kappa shape index (κ2) is 36.6. The average Bonchev–Trinajstić information content (AvgIpc) is 3.16. The molecule has 12 heteroatoms. The number of unbranched alkanes of at least 4 members (excludes halogenated alkanes) is 16. The van der Waals surface area contributed by atoms with Gasteiger partial charge in [-0.15, -0.1) is 0 Å². The third-order valence-corrected chi connectivity index (χ3v) is 8.05. The zero-order chi connectivity index (χ0) is 39.1. The van der Waals surface area contributed by atoms with Gasteiger partial charge in [0.05, 0.1) is 0 Å². The number of rotatable bonds is 24. The smallest absolute Gasteiger partial charge is 0.224 e. The van der Waals surface area contributed by atoms with Crippen LogP contribution < -0.4 is 19.8 Å². The summed E-state index contributed by atoms with van der Waals surface area (Å²) in [5.74, 6) is 0.323. The van der Waals surface area contributed by atoms with Crippen molar-refractivity contribution >= 4 is 22.2 Å². The minimum absolute atomic E-state index is 0.161. The zero-order valence-corrected chi connectivity index (χ0v) is 33.2. The standard InChI is InChI=1S/2C18H30N2O.C5H5N.H2O4S/c2*1-2-3-4-5-6-7-8-9-11-14-18(21)19-17-20-15-12-10-13-16-20;1-2-4-6-5-3-1;1-5(2,3)4/h2*10,12-13,15-16H,2-9,11,14,17H2,1H3;1-5H;(H2,1,2,3,4). The van der Waals surface area contributed by atoms with Crippen LogP contribution in [0.15, 0.2) is 91.8 Å². The number of amides is 2. The Morgan fingerprint density at radius 2 is 0.774 bits per heavy atom. The van der Waals surface area contributed by atoms with Gasteiger partial charge >= 0.3 is 0 Å². The molecule has 0 fully saturated rings. The van der Waals surface area contributed by atoms with Gasteiger partial charge < -0.3 is 19.7 Å². The molecule has 0 aliphatic rings. The van der Waals surface area contributed by atoms with Crippen LogP contribution in [-0.2, 0) is 33.3 Å². The second-order valence-electron chi connectivity index (χ2n) is 12.9. The Hall–Kier alpha value is -3.74. The van der Waals surface area contributed by atoms with Gasteiger partial charge in [-0.25, -0.2) is 0 Å². The Labute approximate surface area is 320 Å². The third kappa shape index (κ3) is 40.9. The van der Waals surface area contributed by atoms with Gasteiger partial charge in [0.2, 0.25) is 25.2 Å². The van der Waals surface area contributed by atoms with Gasteiger partial charge in [0.1, 0.15) is 0 Å². The van der Waals surface area contributed by atoms with Crippen molar-refractivity contribution in [3.05, 3.63) is 91.8 Å². The van der Waals surface area contributed by atoms with E-state index in [9.17, 15) is 9.59 Å². The lowest BCUT2D eigenvalue weighted by molar-refractivity contribution is -0.700. The topological polar surface area (TPSA) is 159 Å². The number of nitrogens with zero attached hydrogens (tertiary/aromatic N) is 3. The number of hydrogen-bond donors (Lipinski definition) is 2. The summed E-state index contributed by atoms with van der Waals surface area (Å²) in [7, 11) is -5.17. The second-order valence-corrected chi connectivity index (χ2v) is 13.7. The lowest BCUT2D eigenvalue weighted by Crippen LogP contribution is -2.42. The fourth-order valence-electron chi connectivity index (χ4n) is 5.12. The zero-order valence-electron chi connectivity index (χ0n) is 32.4. The highest BCUT2D eigenvalue weighted by atomic mass is 32.3. The van der Waals surface area contributed by atoms with Crippen molar-refractivity contribution in [3.63, 3.8) is 0 Å². The van der Waals surface area contributed by atoms with Crippen molar-refractivity contribution in [3.8, 4) is 0 Å². The maximum atomic E-state index is 11.7. The normalized spacial score (nSPS) is 10.3. The first-order valence-electron chi connectivity index (χ1n) is 19.6. The van der Waals surface area contributed by atoms with Gasteiger partial charge in [0.15, 0.2) is 24.8 Å². The average molecular weight is 758 g/mol. The number of hydrogen-bond acceptors (Lipinski definition) is 7. The summed E-state index contributed by atoms with van der Waals surface area (Å²) in [6, 6.07) is 17.5. The van der Waals surface area contributed by atoms with E-state index in [1.54, 1.807) is 12.4 Å². The summed E-state index contributed by atoms with van der Waals surface area (Å²) in [5, 5.41) is 5.90. The van der Waals surface area contributed by atoms with Gasteiger partial charge in [-0.1, -0.05) is 135 Å². The summed E-state index contributed by atoms with van der Waals surface area (Å²) in [6.45, 7) is 5.64. The van der Waals surface area contributed by atoms with E-state index in [2.05, 4.69) is 29.5 Å². The molecule has 0 atom stereocenters. The fraction of sp³-hybridized carbons (Fsp3) is 0.585. The van der Waals surface area contributed by atoms with Gasteiger partial charge in [0, 0.05) is 59.9 Å². The highest BCUT2D eigenvalue weighted by Crippen LogP contribution is 2.11. The summed E-state index contributed by atoms with van der Waals surface area (Å²) >= 11 is 0. The van der Waals surface area contributed by atoms with Crippen molar-refractivity contribution < 1.29 is 36.2 Å². The van der Waals surface area contributed by atoms with E-state index in [1.165, 1.54) is 103 Å². The maximum absolute atomic E-state index is 11.7. The summed E-state index contributed by atoms with van der Waals surface area (Å²) in [5.41, 5.74) is 0. The monoisotopic (exact) mass is 757 g/mol. The lowest BCUT2D eigenvalue weighted by Gasteiger charge is -2.06.